The normalized spacial score (nSPS) is 15.1. The Hall–Kier alpha value is -4.85. The Morgan fingerprint density at radius 2 is 1.57 bits per heavy atom. The lowest BCUT2D eigenvalue weighted by Crippen LogP contribution is -2.36. The van der Waals surface area contributed by atoms with Crippen molar-refractivity contribution in [3.8, 4) is 28.0 Å². The summed E-state index contributed by atoms with van der Waals surface area (Å²) < 4.78 is 33.1. The number of hydrogen-bond acceptors (Lipinski definition) is 4. The summed E-state index contributed by atoms with van der Waals surface area (Å²) in [6.45, 7) is 2.37. The molecule has 202 valence electrons. The monoisotopic (exact) mass is 539 g/mol. The number of carbonyl (C=O) groups excluding carboxylic acids is 2. The second-order valence-electron chi connectivity index (χ2n) is 9.61. The highest BCUT2D eigenvalue weighted by Crippen LogP contribution is 2.37. The van der Waals surface area contributed by atoms with Crippen LogP contribution >= 0.6 is 0 Å². The van der Waals surface area contributed by atoms with Crippen molar-refractivity contribution in [3.05, 3.63) is 103 Å². The molecule has 1 unspecified atom stereocenters. The number of halogens is 2. The van der Waals surface area contributed by atoms with Crippen LogP contribution in [0.2, 0.25) is 0 Å². The van der Waals surface area contributed by atoms with Crippen molar-refractivity contribution in [2.75, 3.05) is 17.4 Å². The molecule has 1 N–H and O–H groups in total. The van der Waals surface area contributed by atoms with E-state index in [1.54, 1.807) is 32.2 Å². The zero-order chi connectivity index (χ0) is 28.4. The number of anilines is 2. The fourth-order valence-electron chi connectivity index (χ4n) is 4.66. The zero-order valence-corrected chi connectivity index (χ0v) is 22.2. The number of alkyl halides is 2. The Labute approximate surface area is 230 Å². The molecule has 6 nitrogen and oxygen atoms in total. The molecule has 1 atom stereocenters. The quantitative estimate of drug-likeness (QED) is 0.254. The van der Waals surface area contributed by atoms with E-state index in [9.17, 15) is 18.4 Å². The third-order valence-corrected chi connectivity index (χ3v) is 6.76. The summed E-state index contributed by atoms with van der Waals surface area (Å²) in [5.74, 6) is -4.82. The number of benzene rings is 4. The van der Waals surface area contributed by atoms with Crippen molar-refractivity contribution < 1.29 is 23.1 Å². The third kappa shape index (κ3) is 5.33. The Morgan fingerprint density at radius 3 is 2.25 bits per heavy atom. The van der Waals surface area contributed by atoms with Gasteiger partial charge in [0.1, 0.15) is 5.75 Å². The van der Waals surface area contributed by atoms with Crippen LogP contribution in [0.5, 0.6) is 5.75 Å². The molecule has 0 bridgehead atoms. The van der Waals surface area contributed by atoms with Crippen LogP contribution in [0.4, 0.5) is 20.2 Å². The molecule has 0 spiro atoms. The highest BCUT2D eigenvalue weighted by atomic mass is 19.3. The Morgan fingerprint density at radius 1 is 0.900 bits per heavy atom. The molecule has 0 saturated carbocycles. The smallest absolute Gasteiger partial charge is 0.270 e. The predicted molar refractivity (Wildman–Crippen MR) is 153 cm³/mol. The van der Waals surface area contributed by atoms with E-state index in [-0.39, 0.29) is 11.3 Å². The second-order valence-corrected chi connectivity index (χ2v) is 9.61. The summed E-state index contributed by atoms with van der Waals surface area (Å²) in [7, 11) is 1.57. The van der Waals surface area contributed by atoms with Gasteiger partial charge in [-0.05, 0) is 53.9 Å². The van der Waals surface area contributed by atoms with Crippen LogP contribution in [0.15, 0.2) is 102 Å². The maximum atomic E-state index is 13.7. The number of carbonyl (C=O) groups is 2. The Balaban J connectivity index is 1.39. The molecule has 0 radical (unpaired) electrons. The number of amides is 2. The van der Waals surface area contributed by atoms with Gasteiger partial charge in [-0.2, -0.15) is 10.1 Å². The molecular weight excluding hydrogens is 512 g/mol. The van der Waals surface area contributed by atoms with Crippen LogP contribution in [0, 0.1) is 5.92 Å². The van der Waals surface area contributed by atoms with Crippen LogP contribution in [0.3, 0.4) is 0 Å². The minimum atomic E-state index is -3.06. The number of hydrazone groups is 1. The minimum Gasteiger partial charge on any atom is -0.496 e. The standard InChI is InChI=1S/C32H27F2N3O3/c1-20-29(30(38)35-25-11-7-10-24(18-25)32(2,33)34)31(39)37(36-20)26-16-17-28(40-3)27(19-26)23-14-12-22(13-15-23)21-8-5-4-6-9-21/h4-19,29H,1-3H3,(H,35,38). The van der Waals surface area contributed by atoms with E-state index in [0.29, 0.717) is 17.1 Å². The van der Waals surface area contributed by atoms with Gasteiger partial charge >= 0.3 is 0 Å². The fraction of sp³-hybridized carbons (Fsp3) is 0.156. The van der Waals surface area contributed by atoms with Gasteiger partial charge in [0, 0.05) is 23.7 Å². The molecule has 4 aromatic carbocycles. The first-order valence-corrected chi connectivity index (χ1v) is 12.7. The number of hydrogen-bond donors (Lipinski definition) is 1. The molecule has 1 heterocycles. The number of nitrogens with one attached hydrogen (secondary N) is 1. The first kappa shape index (κ1) is 26.7. The average molecular weight is 540 g/mol. The first-order chi connectivity index (χ1) is 19.2. The van der Waals surface area contributed by atoms with Crippen molar-refractivity contribution in [1.29, 1.82) is 0 Å². The van der Waals surface area contributed by atoms with E-state index in [4.69, 9.17) is 4.74 Å². The highest BCUT2D eigenvalue weighted by molar-refractivity contribution is 6.28. The highest BCUT2D eigenvalue weighted by Gasteiger charge is 2.40. The third-order valence-electron chi connectivity index (χ3n) is 6.76. The van der Waals surface area contributed by atoms with Crippen LogP contribution in [-0.4, -0.2) is 24.6 Å². The van der Waals surface area contributed by atoms with Gasteiger partial charge in [0.2, 0.25) is 5.91 Å². The summed E-state index contributed by atoms with van der Waals surface area (Å²) in [6.07, 6.45) is 0. The predicted octanol–water partition coefficient (Wildman–Crippen LogP) is 7.12. The van der Waals surface area contributed by atoms with Gasteiger partial charge < -0.3 is 10.1 Å². The van der Waals surface area contributed by atoms with Crippen LogP contribution in [-0.2, 0) is 15.5 Å². The molecule has 8 heteroatoms. The van der Waals surface area contributed by atoms with Crippen molar-refractivity contribution in [3.63, 3.8) is 0 Å². The number of rotatable bonds is 7. The molecule has 0 saturated heterocycles. The lowest BCUT2D eigenvalue weighted by atomic mass is 9.99. The van der Waals surface area contributed by atoms with Crippen LogP contribution < -0.4 is 15.1 Å². The van der Waals surface area contributed by atoms with Gasteiger partial charge in [0.05, 0.1) is 18.5 Å². The van der Waals surface area contributed by atoms with Gasteiger partial charge in [0.15, 0.2) is 5.92 Å². The summed E-state index contributed by atoms with van der Waals surface area (Å²) in [4.78, 5) is 26.4. The summed E-state index contributed by atoms with van der Waals surface area (Å²) in [6, 6.07) is 28.6. The van der Waals surface area contributed by atoms with E-state index in [1.807, 2.05) is 54.6 Å². The minimum absolute atomic E-state index is 0.175. The topological polar surface area (TPSA) is 71.0 Å². The largest absolute Gasteiger partial charge is 0.496 e. The number of ether oxygens (including phenoxy) is 1. The number of nitrogens with zero attached hydrogens (tertiary/aromatic N) is 2. The lowest BCUT2D eigenvalue weighted by Gasteiger charge is -2.18. The van der Waals surface area contributed by atoms with Gasteiger partial charge in [-0.25, -0.2) is 8.78 Å². The van der Waals surface area contributed by atoms with E-state index < -0.39 is 23.7 Å². The number of methoxy groups -OCH3 is 1. The van der Waals surface area contributed by atoms with Crippen LogP contribution in [0.1, 0.15) is 19.4 Å². The van der Waals surface area contributed by atoms with E-state index in [1.165, 1.54) is 29.3 Å². The SMILES string of the molecule is COc1ccc(N2N=C(C)C(C(=O)Nc3cccc(C(C)(F)F)c3)C2=O)cc1-c1ccc(-c2ccccc2)cc1. The van der Waals surface area contributed by atoms with Gasteiger partial charge in [-0.1, -0.05) is 66.7 Å². The van der Waals surface area contributed by atoms with Crippen molar-refractivity contribution in [2.24, 2.45) is 11.0 Å². The molecule has 1 aliphatic heterocycles. The molecule has 5 rings (SSSR count). The Kier molecular flexibility index (Phi) is 7.17. The lowest BCUT2D eigenvalue weighted by molar-refractivity contribution is -0.127. The fourth-order valence-corrected chi connectivity index (χ4v) is 4.66. The maximum Gasteiger partial charge on any atom is 0.270 e. The van der Waals surface area contributed by atoms with Crippen LogP contribution in [0.25, 0.3) is 22.3 Å². The molecular formula is C32H27F2N3O3. The van der Waals surface area contributed by atoms with Crippen molar-refractivity contribution in [1.82, 2.24) is 0 Å². The van der Waals surface area contributed by atoms with Crippen molar-refractivity contribution in [2.45, 2.75) is 19.8 Å². The van der Waals surface area contributed by atoms with Gasteiger partial charge in [-0.15, -0.1) is 0 Å². The molecule has 0 aromatic heterocycles. The summed E-state index contributed by atoms with van der Waals surface area (Å²) >= 11 is 0. The molecule has 0 aliphatic carbocycles. The second kappa shape index (κ2) is 10.7. The maximum absolute atomic E-state index is 13.7. The molecule has 0 fully saturated rings. The van der Waals surface area contributed by atoms with E-state index in [2.05, 4.69) is 10.4 Å². The summed E-state index contributed by atoms with van der Waals surface area (Å²) in [5.41, 5.74) is 4.50. The average Bonchev–Trinajstić information content (AvgIpc) is 3.26. The molecule has 40 heavy (non-hydrogen) atoms. The van der Waals surface area contributed by atoms with Gasteiger partial charge in [0.25, 0.3) is 11.8 Å². The van der Waals surface area contributed by atoms with E-state index in [0.717, 1.165) is 29.2 Å². The molecule has 4 aromatic rings. The zero-order valence-electron chi connectivity index (χ0n) is 22.2. The molecule has 1 aliphatic rings. The van der Waals surface area contributed by atoms with E-state index >= 15 is 0 Å². The Bertz CT molecular complexity index is 1600. The summed E-state index contributed by atoms with van der Waals surface area (Å²) in [5, 5.41) is 8.14. The first-order valence-electron chi connectivity index (χ1n) is 12.7. The van der Waals surface area contributed by atoms with Crippen molar-refractivity contribution >= 4 is 28.9 Å². The molecule has 2 amide bonds. The van der Waals surface area contributed by atoms with Gasteiger partial charge in [-0.3, -0.25) is 9.59 Å².